The Morgan fingerprint density at radius 1 is 0.893 bits per heavy atom. The molecule has 0 unspecified atom stereocenters. The number of halogens is 5. The largest absolute Gasteiger partial charge is 0.466 e. The van der Waals surface area contributed by atoms with Gasteiger partial charge in [0.1, 0.15) is 5.75 Å². The number of anilines is 1. The Hall–Kier alpha value is -1.99. The molecule has 0 saturated carbocycles. The average molecular weight is 511 g/mol. The SMILES string of the molecule is Fc1cc([C@@H]2Oc3cc(Br)ccc3[C@H]3Cc4cc(Br)ccc4N32)cc(F)c1F. The zero-order valence-corrected chi connectivity index (χ0v) is 17.4. The molecule has 3 aromatic carbocycles. The summed E-state index contributed by atoms with van der Waals surface area (Å²) in [6.45, 7) is 0. The Morgan fingerprint density at radius 2 is 1.57 bits per heavy atom. The van der Waals surface area contributed by atoms with Crippen LogP contribution in [-0.4, -0.2) is 0 Å². The monoisotopic (exact) mass is 509 g/mol. The summed E-state index contributed by atoms with van der Waals surface area (Å²) >= 11 is 6.94. The first kappa shape index (κ1) is 18.1. The van der Waals surface area contributed by atoms with Crippen LogP contribution in [0, 0.1) is 17.5 Å². The number of nitrogens with zero attached hydrogens (tertiary/aromatic N) is 1. The molecule has 2 atom stereocenters. The molecule has 7 heteroatoms. The van der Waals surface area contributed by atoms with Gasteiger partial charge in [0.25, 0.3) is 0 Å². The van der Waals surface area contributed by atoms with Crippen LogP contribution in [0.1, 0.15) is 29.0 Å². The summed E-state index contributed by atoms with van der Waals surface area (Å²) in [4.78, 5) is 2.00. The van der Waals surface area contributed by atoms with E-state index in [9.17, 15) is 13.2 Å². The van der Waals surface area contributed by atoms with Crippen LogP contribution >= 0.6 is 31.9 Å². The highest BCUT2D eigenvalue weighted by molar-refractivity contribution is 9.10. The fraction of sp³-hybridized carbons (Fsp3) is 0.143. The molecule has 0 spiro atoms. The van der Waals surface area contributed by atoms with Crippen LogP contribution in [0.2, 0.25) is 0 Å². The van der Waals surface area contributed by atoms with Crippen molar-refractivity contribution in [2.75, 3.05) is 4.90 Å². The van der Waals surface area contributed by atoms with Gasteiger partial charge in [-0.2, -0.15) is 0 Å². The van der Waals surface area contributed by atoms with Crippen molar-refractivity contribution in [2.24, 2.45) is 0 Å². The van der Waals surface area contributed by atoms with Crippen LogP contribution in [0.15, 0.2) is 57.5 Å². The standard InChI is InChI=1S/C21H12Br2F3NO/c22-12-2-4-17-10(5-12)8-18-14-3-1-13(23)9-19(14)28-21(27(17)18)11-6-15(24)20(26)16(25)7-11/h1-7,9,18,21H,8H2/t18-,21+/m1/s1. The van der Waals surface area contributed by atoms with Gasteiger partial charge in [0.05, 0.1) is 6.04 Å². The maximum Gasteiger partial charge on any atom is 0.199 e. The first-order chi connectivity index (χ1) is 13.4. The van der Waals surface area contributed by atoms with Crippen molar-refractivity contribution in [3.63, 3.8) is 0 Å². The lowest BCUT2D eigenvalue weighted by Gasteiger charge is -2.41. The molecule has 0 fully saturated rings. The average Bonchev–Trinajstić information content (AvgIpc) is 3.03. The quantitative estimate of drug-likeness (QED) is 0.333. The predicted octanol–water partition coefficient (Wildman–Crippen LogP) is 6.82. The molecule has 0 bridgehead atoms. The van der Waals surface area contributed by atoms with Crippen molar-refractivity contribution in [3.8, 4) is 5.75 Å². The molecule has 5 rings (SSSR count). The molecule has 0 aromatic heterocycles. The smallest absolute Gasteiger partial charge is 0.199 e. The maximum absolute atomic E-state index is 13.9. The number of benzene rings is 3. The minimum Gasteiger partial charge on any atom is -0.466 e. The summed E-state index contributed by atoms with van der Waals surface area (Å²) in [5.74, 6) is -3.31. The molecule has 28 heavy (non-hydrogen) atoms. The van der Waals surface area contributed by atoms with Crippen LogP contribution < -0.4 is 9.64 Å². The molecule has 0 saturated heterocycles. The van der Waals surface area contributed by atoms with E-state index in [0.29, 0.717) is 5.75 Å². The third-order valence-electron chi connectivity index (χ3n) is 5.19. The lowest BCUT2D eigenvalue weighted by molar-refractivity contribution is 0.166. The zero-order chi connectivity index (χ0) is 19.6. The molecular weight excluding hydrogens is 499 g/mol. The summed E-state index contributed by atoms with van der Waals surface area (Å²) in [6.07, 6.45) is -0.0473. The van der Waals surface area contributed by atoms with Gasteiger partial charge < -0.3 is 9.64 Å². The van der Waals surface area contributed by atoms with Gasteiger partial charge in [-0.1, -0.05) is 37.9 Å². The topological polar surface area (TPSA) is 12.5 Å². The van der Waals surface area contributed by atoms with E-state index in [2.05, 4.69) is 31.9 Å². The van der Waals surface area contributed by atoms with Crippen molar-refractivity contribution < 1.29 is 17.9 Å². The van der Waals surface area contributed by atoms with Crippen molar-refractivity contribution in [3.05, 3.63) is 91.6 Å². The molecule has 2 heterocycles. The molecule has 2 nitrogen and oxygen atoms in total. The molecule has 0 aliphatic carbocycles. The van der Waals surface area contributed by atoms with E-state index >= 15 is 0 Å². The molecule has 0 amide bonds. The van der Waals surface area contributed by atoms with E-state index in [1.54, 1.807) is 0 Å². The third-order valence-corrected chi connectivity index (χ3v) is 6.17. The molecule has 2 aliphatic rings. The van der Waals surface area contributed by atoms with E-state index in [1.807, 2.05) is 41.3 Å². The van der Waals surface area contributed by atoms with Crippen molar-refractivity contribution in [1.29, 1.82) is 0 Å². The molecule has 0 N–H and O–H groups in total. The van der Waals surface area contributed by atoms with Crippen LogP contribution in [0.4, 0.5) is 18.9 Å². The van der Waals surface area contributed by atoms with Gasteiger partial charge in [-0.3, -0.25) is 0 Å². The van der Waals surface area contributed by atoms with E-state index in [4.69, 9.17) is 4.74 Å². The summed E-state index contributed by atoms with van der Waals surface area (Å²) in [5, 5.41) is 0. The van der Waals surface area contributed by atoms with E-state index in [1.165, 1.54) is 0 Å². The molecule has 142 valence electrons. The lowest BCUT2D eigenvalue weighted by atomic mass is 9.99. The van der Waals surface area contributed by atoms with Gasteiger partial charge >= 0.3 is 0 Å². The van der Waals surface area contributed by atoms with Crippen LogP contribution in [-0.2, 0) is 6.42 Å². The highest BCUT2D eigenvalue weighted by Crippen LogP contribution is 2.52. The van der Waals surface area contributed by atoms with Crippen LogP contribution in [0.5, 0.6) is 5.75 Å². The normalized spacial score (nSPS) is 19.7. The summed E-state index contributed by atoms with van der Waals surface area (Å²) in [7, 11) is 0. The van der Waals surface area contributed by atoms with E-state index < -0.39 is 23.7 Å². The van der Waals surface area contributed by atoms with Gasteiger partial charge in [0.2, 0.25) is 0 Å². The highest BCUT2D eigenvalue weighted by atomic mass is 79.9. The number of fused-ring (bicyclic) bond motifs is 5. The van der Waals surface area contributed by atoms with Crippen molar-refractivity contribution in [2.45, 2.75) is 18.7 Å². The second kappa shape index (κ2) is 6.52. The Kier molecular flexibility index (Phi) is 4.21. The number of hydrogen-bond donors (Lipinski definition) is 0. The van der Waals surface area contributed by atoms with Gasteiger partial charge in [-0.25, -0.2) is 13.2 Å². The summed E-state index contributed by atoms with van der Waals surface area (Å²) < 4.78 is 49.4. The second-order valence-corrected chi connectivity index (χ2v) is 8.68. The van der Waals surface area contributed by atoms with Crippen molar-refractivity contribution >= 4 is 37.5 Å². The zero-order valence-electron chi connectivity index (χ0n) is 14.2. The summed E-state index contributed by atoms with van der Waals surface area (Å²) in [6, 6.07) is 13.6. The summed E-state index contributed by atoms with van der Waals surface area (Å²) in [5.41, 5.74) is 3.25. The van der Waals surface area contributed by atoms with Gasteiger partial charge in [0.15, 0.2) is 23.7 Å². The number of hydrogen-bond acceptors (Lipinski definition) is 2. The highest BCUT2D eigenvalue weighted by Gasteiger charge is 2.42. The van der Waals surface area contributed by atoms with Crippen LogP contribution in [0.3, 0.4) is 0 Å². The second-order valence-electron chi connectivity index (χ2n) is 6.85. The van der Waals surface area contributed by atoms with Gasteiger partial charge in [0, 0.05) is 25.8 Å². The van der Waals surface area contributed by atoms with Gasteiger partial charge in [-0.15, -0.1) is 0 Å². The van der Waals surface area contributed by atoms with E-state index in [0.717, 1.165) is 44.3 Å². The molecule has 2 aliphatic heterocycles. The van der Waals surface area contributed by atoms with Gasteiger partial charge in [-0.05, 0) is 54.4 Å². The minimum absolute atomic E-state index is 0.0534. The maximum atomic E-state index is 13.9. The Bertz CT molecular complexity index is 1100. The molecule has 0 radical (unpaired) electrons. The number of rotatable bonds is 1. The van der Waals surface area contributed by atoms with E-state index in [-0.39, 0.29) is 11.6 Å². The lowest BCUT2D eigenvalue weighted by Crippen LogP contribution is -2.37. The third kappa shape index (κ3) is 2.75. The first-order valence-electron chi connectivity index (χ1n) is 8.59. The van der Waals surface area contributed by atoms with Crippen molar-refractivity contribution in [1.82, 2.24) is 0 Å². The first-order valence-corrected chi connectivity index (χ1v) is 10.2. The Morgan fingerprint density at radius 3 is 2.32 bits per heavy atom. The molecule has 3 aromatic rings. The predicted molar refractivity (Wildman–Crippen MR) is 107 cm³/mol. The minimum atomic E-state index is -1.48. The number of ether oxygens (including phenoxy) is 1. The fourth-order valence-electron chi connectivity index (χ4n) is 4.00. The Labute approximate surface area is 176 Å². The fourth-order valence-corrected chi connectivity index (χ4v) is 4.75. The molecular formula is C21H12Br2F3NO. The van der Waals surface area contributed by atoms with Crippen LogP contribution in [0.25, 0.3) is 0 Å². The Balaban J connectivity index is 1.71.